The Morgan fingerprint density at radius 2 is 1.65 bits per heavy atom. The molecule has 0 aromatic heterocycles. The summed E-state index contributed by atoms with van der Waals surface area (Å²) in [7, 11) is 0. The molecule has 0 aliphatic carbocycles. The lowest BCUT2D eigenvalue weighted by Gasteiger charge is -2.06. The quantitative estimate of drug-likeness (QED) is 0.506. The summed E-state index contributed by atoms with van der Waals surface area (Å²) in [5, 5.41) is 2.67. The van der Waals surface area contributed by atoms with Crippen LogP contribution in [-0.2, 0) is 17.8 Å². The lowest BCUT2D eigenvalue weighted by atomic mass is 10.1. The third-order valence-electron chi connectivity index (χ3n) is 3.38. The van der Waals surface area contributed by atoms with Crippen molar-refractivity contribution in [2.75, 3.05) is 0 Å². The van der Waals surface area contributed by atoms with Gasteiger partial charge in [-0.3, -0.25) is 4.79 Å². The number of amides is 1. The summed E-state index contributed by atoms with van der Waals surface area (Å²) in [6.07, 6.45) is 2.16. The Kier molecular flexibility index (Phi) is 5.69. The number of benzene rings is 2. The van der Waals surface area contributed by atoms with Gasteiger partial charge in [-0.1, -0.05) is 37.8 Å². The van der Waals surface area contributed by atoms with Gasteiger partial charge in [0.15, 0.2) is 0 Å². The van der Waals surface area contributed by atoms with Crippen LogP contribution in [0.15, 0.2) is 61.2 Å². The average Bonchev–Trinajstić information content (AvgIpc) is 2.60. The number of esters is 1. The van der Waals surface area contributed by atoms with Gasteiger partial charge >= 0.3 is 5.97 Å². The van der Waals surface area contributed by atoms with Gasteiger partial charge in [-0.25, -0.2) is 4.79 Å². The predicted molar refractivity (Wildman–Crippen MR) is 89.3 cm³/mol. The Morgan fingerprint density at radius 3 is 2.22 bits per heavy atom. The van der Waals surface area contributed by atoms with Crippen LogP contribution in [0.4, 0.5) is 0 Å². The van der Waals surface area contributed by atoms with Gasteiger partial charge in [0, 0.05) is 6.54 Å². The summed E-state index contributed by atoms with van der Waals surface area (Å²) >= 11 is 0. The monoisotopic (exact) mass is 309 g/mol. The van der Waals surface area contributed by atoms with Crippen molar-refractivity contribution in [3.05, 3.63) is 77.9 Å². The van der Waals surface area contributed by atoms with Crippen LogP contribution in [0.3, 0.4) is 0 Å². The number of nitrogens with one attached hydrogen (secondary N) is 1. The second-order valence-corrected chi connectivity index (χ2v) is 5.01. The fraction of sp³-hybridized carbons (Fsp3) is 0.158. The van der Waals surface area contributed by atoms with Crippen LogP contribution >= 0.6 is 0 Å². The highest BCUT2D eigenvalue weighted by Gasteiger charge is 2.08. The maximum Gasteiger partial charge on any atom is 0.343 e. The van der Waals surface area contributed by atoms with E-state index in [2.05, 4.69) is 18.8 Å². The number of carbonyl (C=O) groups excluding carboxylic acids is 2. The van der Waals surface area contributed by atoms with Crippen LogP contribution in [0.5, 0.6) is 5.75 Å². The highest BCUT2D eigenvalue weighted by Crippen LogP contribution is 2.15. The molecule has 0 aliphatic rings. The molecule has 0 atom stereocenters. The number of carbonyl (C=O) groups is 2. The third kappa shape index (κ3) is 4.81. The minimum Gasteiger partial charge on any atom is -0.423 e. The Balaban J connectivity index is 1.96. The molecular weight excluding hydrogens is 290 g/mol. The molecule has 23 heavy (non-hydrogen) atoms. The Morgan fingerprint density at radius 1 is 1.04 bits per heavy atom. The van der Waals surface area contributed by atoms with Gasteiger partial charge in [0.1, 0.15) is 5.75 Å². The molecule has 4 nitrogen and oxygen atoms in total. The van der Waals surface area contributed by atoms with E-state index >= 15 is 0 Å². The minimum atomic E-state index is -0.407. The second-order valence-electron chi connectivity index (χ2n) is 5.01. The van der Waals surface area contributed by atoms with Crippen LogP contribution in [0, 0.1) is 0 Å². The van der Waals surface area contributed by atoms with E-state index in [9.17, 15) is 9.59 Å². The topological polar surface area (TPSA) is 55.4 Å². The van der Waals surface area contributed by atoms with E-state index in [1.165, 1.54) is 11.6 Å². The van der Waals surface area contributed by atoms with Crippen molar-refractivity contribution in [2.24, 2.45) is 0 Å². The van der Waals surface area contributed by atoms with Gasteiger partial charge in [-0.2, -0.15) is 0 Å². The first kappa shape index (κ1) is 16.5. The molecule has 1 N–H and O–H groups in total. The number of ether oxygens (including phenoxy) is 1. The van der Waals surface area contributed by atoms with Crippen molar-refractivity contribution in [1.82, 2.24) is 5.32 Å². The van der Waals surface area contributed by atoms with Crippen LogP contribution < -0.4 is 10.1 Å². The highest BCUT2D eigenvalue weighted by molar-refractivity contribution is 5.91. The van der Waals surface area contributed by atoms with Crippen molar-refractivity contribution >= 4 is 11.9 Å². The van der Waals surface area contributed by atoms with E-state index in [1.807, 2.05) is 12.1 Å². The SMILES string of the molecule is C=CC(=O)NCc1ccc(C(=O)Oc2ccc(CC)cc2)cc1. The number of rotatable bonds is 6. The Hall–Kier alpha value is -2.88. The smallest absolute Gasteiger partial charge is 0.343 e. The summed E-state index contributed by atoms with van der Waals surface area (Å²) in [6.45, 7) is 5.84. The fourth-order valence-electron chi connectivity index (χ4n) is 1.98. The first-order valence-electron chi connectivity index (χ1n) is 7.42. The number of aryl methyl sites for hydroxylation is 1. The maximum atomic E-state index is 12.1. The molecule has 0 heterocycles. The minimum absolute atomic E-state index is 0.232. The summed E-state index contributed by atoms with van der Waals surface area (Å²) in [5.41, 5.74) is 2.54. The summed E-state index contributed by atoms with van der Waals surface area (Å²) in [5.74, 6) is -0.116. The zero-order valence-electron chi connectivity index (χ0n) is 13.0. The van der Waals surface area contributed by atoms with Gasteiger partial charge in [0.25, 0.3) is 0 Å². The van der Waals surface area contributed by atoms with Crippen molar-refractivity contribution in [1.29, 1.82) is 0 Å². The summed E-state index contributed by atoms with van der Waals surface area (Å²) in [6, 6.07) is 14.4. The lowest BCUT2D eigenvalue weighted by Crippen LogP contribution is -2.20. The van der Waals surface area contributed by atoms with E-state index in [1.54, 1.807) is 36.4 Å². The molecule has 0 radical (unpaired) electrons. The molecule has 118 valence electrons. The van der Waals surface area contributed by atoms with E-state index in [0.717, 1.165) is 12.0 Å². The van der Waals surface area contributed by atoms with Crippen LogP contribution in [0.2, 0.25) is 0 Å². The molecule has 1 amide bonds. The first-order valence-corrected chi connectivity index (χ1v) is 7.42. The van der Waals surface area contributed by atoms with Crippen molar-refractivity contribution < 1.29 is 14.3 Å². The Labute approximate surface area is 135 Å². The molecule has 0 fully saturated rings. The van der Waals surface area contributed by atoms with Crippen molar-refractivity contribution in [3.63, 3.8) is 0 Å². The molecule has 0 aliphatic heterocycles. The third-order valence-corrected chi connectivity index (χ3v) is 3.38. The van der Waals surface area contributed by atoms with Gasteiger partial charge in [0.05, 0.1) is 5.56 Å². The van der Waals surface area contributed by atoms with Gasteiger partial charge < -0.3 is 10.1 Å². The number of hydrogen-bond acceptors (Lipinski definition) is 3. The van der Waals surface area contributed by atoms with E-state index < -0.39 is 5.97 Å². The molecule has 0 bridgehead atoms. The molecule has 0 saturated carbocycles. The Bertz CT molecular complexity index is 688. The fourth-order valence-corrected chi connectivity index (χ4v) is 1.98. The molecular formula is C19H19NO3. The van der Waals surface area contributed by atoms with Crippen LogP contribution in [-0.4, -0.2) is 11.9 Å². The molecule has 0 spiro atoms. The van der Waals surface area contributed by atoms with Crippen LogP contribution in [0.25, 0.3) is 0 Å². The molecule has 4 heteroatoms. The maximum absolute atomic E-state index is 12.1. The van der Waals surface area contributed by atoms with Crippen LogP contribution in [0.1, 0.15) is 28.4 Å². The highest BCUT2D eigenvalue weighted by atomic mass is 16.5. The molecule has 2 aromatic carbocycles. The normalized spacial score (nSPS) is 9.96. The van der Waals surface area contributed by atoms with Gasteiger partial charge in [-0.05, 0) is 47.9 Å². The zero-order valence-corrected chi connectivity index (χ0v) is 13.0. The van der Waals surface area contributed by atoms with E-state index in [-0.39, 0.29) is 5.91 Å². The van der Waals surface area contributed by atoms with Crippen molar-refractivity contribution in [3.8, 4) is 5.75 Å². The van der Waals surface area contributed by atoms with E-state index in [0.29, 0.717) is 17.9 Å². The second kappa shape index (κ2) is 7.94. The molecule has 2 rings (SSSR count). The molecule has 0 unspecified atom stereocenters. The molecule has 2 aromatic rings. The summed E-state index contributed by atoms with van der Waals surface area (Å²) in [4.78, 5) is 23.2. The average molecular weight is 309 g/mol. The first-order chi connectivity index (χ1) is 11.1. The van der Waals surface area contributed by atoms with E-state index in [4.69, 9.17) is 4.74 Å². The predicted octanol–water partition coefficient (Wildman–Crippen LogP) is 3.27. The van der Waals surface area contributed by atoms with Gasteiger partial charge in [-0.15, -0.1) is 0 Å². The van der Waals surface area contributed by atoms with Gasteiger partial charge in [0.2, 0.25) is 5.91 Å². The largest absolute Gasteiger partial charge is 0.423 e. The number of hydrogen-bond donors (Lipinski definition) is 1. The lowest BCUT2D eigenvalue weighted by molar-refractivity contribution is -0.116. The summed E-state index contributed by atoms with van der Waals surface area (Å²) < 4.78 is 5.33. The zero-order chi connectivity index (χ0) is 16.7. The van der Waals surface area contributed by atoms with Crippen molar-refractivity contribution in [2.45, 2.75) is 19.9 Å². The standard InChI is InChI=1S/C19H19NO3/c1-3-14-7-11-17(12-8-14)23-19(22)16-9-5-15(6-10-16)13-20-18(21)4-2/h4-12H,2-3,13H2,1H3,(H,20,21). The molecule has 0 saturated heterocycles.